The number of benzene rings is 4. The summed E-state index contributed by atoms with van der Waals surface area (Å²) in [4.78, 5) is 0.192. The molecule has 0 fully saturated rings. The fourth-order valence-corrected chi connectivity index (χ4v) is 6.09. The van der Waals surface area contributed by atoms with Crippen LogP contribution in [0.1, 0.15) is 22.8 Å². The van der Waals surface area contributed by atoms with Gasteiger partial charge in [0.1, 0.15) is 17.6 Å². The van der Waals surface area contributed by atoms with Crippen molar-refractivity contribution in [3.8, 4) is 22.6 Å². The Bertz CT molecular complexity index is 1700. The summed E-state index contributed by atoms with van der Waals surface area (Å²) in [5, 5.41) is 0. The molecule has 0 bridgehead atoms. The first-order valence-corrected chi connectivity index (χ1v) is 15.1. The van der Waals surface area contributed by atoms with Crippen molar-refractivity contribution >= 4 is 25.7 Å². The van der Waals surface area contributed by atoms with Gasteiger partial charge in [-0.25, -0.2) is 21.6 Å². The first kappa shape index (κ1) is 25.8. The molecule has 1 heterocycles. The van der Waals surface area contributed by atoms with Crippen LogP contribution in [0.4, 0.5) is 5.69 Å². The molecule has 0 radical (unpaired) electrons. The van der Waals surface area contributed by atoms with Crippen molar-refractivity contribution in [2.75, 3.05) is 18.1 Å². The van der Waals surface area contributed by atoms with Crippen LogP contribution < -0.4 is 18.9 Å². The number of hydrogen-bond donors (Lipinski definition) is 2. The Hall–Kier alpha value is -3.86. The summed E-state index contributed by atoms with van der Waals surface area (Å²) in [6.07, 6.45) is 0.523. The summed E-state index contributed by atoms with van der Waals surface area (Å²) in [6, 6.07) is 26.5. The molecule has 0 aliphatic carbocycles. The third-order valence-electron chi connectivity index (χ3n) is 6.13. The van der Waals surface area contributed by atoms with E-state index in [0.29, 0.717) is 17.2 Å². The molecule has 5 rings (SSSR count). The highest BCUT2D eigenvalue weighted by atomic mass is 32.2. The van der Waals surface area contributed by atoms with E-state index >= 15 is 0 Å². The fourth-order valence-electron chi connectivity index (χ4n) is 4.50. The summed E-state index contributed by atoms with van der Waals surface area (Å²) in [6.45, 7) is 0.0880. The molecule has 8 nitrogen and oxygen atoms in total. The summed E-state index contributed by atoms with van der Waals surface area (Å²) in [5.74, 6) is 1.26. The average Bonchev–Trinajstić information content (AvgIpc) is 2.91. The first-order chi connectivity index (χ1) is 18.1. The largest absolute Gasteiger partial charge is 0.496 e. The standard InChI is InChI=1S/C28H26N2O6S2/c1-35-25-12-7-13-26-27(25)23-15-14-21(30-37(2,31)32)17-24(23)28(36-26)20-9-6-8-19(16-20)18-29-38(33,34)22-10-4-3-5-11-22/h3-17,28-30H,18H2,1-2H3. The topological polar surface area (TPSA) is 111 Å². The number of rotatable bonds is 8. The Morgan fingerprint density at radius 1 is 0.868 bits per heavy atom. The Labute approximate surface area is 222 Å². The lowest BCUT2D eigenvalue weighted by atomic mass is 9.88. The molecule has 1 unspecified atom stereocenters. The first-order valence-electron chi connectivity index (χ1n) is 11.7. The van der Waals surface area contributed by atoms with Crippen molar-refractivity contribution < 1.29 is 26.3 Å². The molecule has 10 heteroatoms. The number of hydrogen-bond acceptors (Lipinski definition) is 6. The molecular weight excluding hydrogens is 524 g/mol. The molecule has 0 amide bonds. The highest BCUT2D eigenvalue weighted by molar-refractivity contribution is 7.92. The molecule has 0 saturated heterocycles. The number of ether oxygens (including phenoxy) is 2. The van der Waals surface area contributed by atoms with E-state index in [1.54, 1.807) is 49.6 Å². The van der Waals surface area contributed by atoms with Gasteiger partial charge in [0.05, 0.1) is 23.8 Å². The molecule has 38 heavy (non-hydrogen) atoms. The van der Waals surface area contributed by atoms with Gasteiger partial charge in [-0.1, -0.05) is 54.6 Å². The van der Waals surface area contributed by atoms with Crippen LogP contribution in [0.5, 0.6) is 11.5 Å². The zero-order valence-corrected chi connectivity index (χ0v) is 22.3. The van der Waals surface area contributed by atoms with Crippen molar-refractivity contribution in [2.45, 2.75) is 17.5 Å². The Balaban J connectivity index is 1.52. The predicted molar refractivity (Wildman–Crippen MR) is 146 cm³/mol. The Morgan fingerprint density at radius 3 is 2.37 bits per heavy atom. The SMILES string of the molecule is COc1cccc2c1-c1ccc(NS(C)(=O)=O)cc1C(c1cccc(CNS(=O)(=O)c3ccccc3)c1)O2. The van der Waals surface area contributed by atoms with Crippen LogP contribution in [0.3, 0.4) is 0 Å². The third kappa shape index (κ3) is 5.38. The lowest BCUT2D eigenvalue weighted by Gasteiger charge is -2.30. The lowest BCUT2D eigenvalue weighted by molar-refractivity contribution is 0.242. The predicted octanol–water partition coefficient (Wildman–Crippen LogP) is 4.69. The second-order valence-corrected chi connectivity index (χ2v) is 12.4. The number of sulfonamides is 2. The van der Waals surface area contributed by atoms with Gasteiger partial charge in [0.2, 0.25) is 20.0 Å². The molecule has 4 aromatic carbocycles. The van der Waals surface area contributed by atoms with Gasteiger partial charge in [-0.15, -0.1) is 0 Å². The van der Waals surface area contributed by atoms with E-state index in [1.165, 1.54) is 0 Å². The van der Waals surface area contributed by atoms with Crippen LogP contribution in [-0.2, 0) is 26.6 Å². The van der Waals surface area contributed by atoms with Gasteiger partial charge in [-0.05, 0) is 53.1 Å². The number of nitrogens with one attached hydrogen (secondary N) is 2. The van der Waals surface area contributed by atoms with Gasteiger partial charge in [-0.3, -0.25) is 4.72 Å². The van der Waals surface area contributed by atoms with Crippen LogP contribution in [0.2, 0.25) is 0 Å². The average molecular weight is 551 g/mol. The molecule has 1 aliphatic rings. The van der Waals surface area contributed by atoms with Gasteiger partial charge in [0.25, 0.3) is 0 Å². The van der Waals surface area contributed by atoms with Crippen molar-refractivity contribution in [3.63, 3.8) is 0 Å². The van der Waals surface area contributed by atoms with Gasteiger partial charge in [-0.2, -0.15) is 0 Å². The monoisotopic (exact) mass is 550 g/mol. The second-order valence-electron chi connectivity index (χ2n) is 8.89. The quantitative estimate of drug-likeness (QED) is 0.329. The van der Waals surface area contributed by atoms with Crippen LogP contribution in [0.25, 0.3) is 11.1 Å². The summed E-state index contributed by atoms with van der Waals surface area (Å²) in [7, 11) is -5.58. The van der Waals surface area contributed by atoms with E-state index in [9.17, 15) is 16.8 Å². The van der Waals surface area contributed by atoms with E-state index < -0.39 is 26.2 Å². The van der Waals surface area contributed by atoms with E-state index in [-0.39, 0.29) is 11.4 Å². The van der Waals surface area contributed by atoms with Crippen LogP contribution >= 0.6 is 0 Å². The maximum Gasteiger partial charge on any atom is 0.240 e. The minimum atomic E-state index is -3.68. The van der Waals surface area contributed by atoms with Gasteiger partial charge in [0, 0.05) is 17.8 Å². The van der Waals surface area contributed by atoms with Crippen LogP contribution in [-0.4, -0.2) is 30.2 Å². The second kappa shape index (κ2) is 10.1. The lowest BCUT2D eigenvalue weighted by Crippen LogP contribution is -2.23. The molecule has 0 saturated carbocycles. The van der Waals surface area contributed by atoms with E-state index in [1.807, 2.05) is 48.5 Å². The smallest absolute Gasteiger partial charge is 0.240 e. The molecule has 196 valence electrons. The highest BCUT2D eigenvalue weighted by Crippen LogP contribution is 2.49. The minimum Gasteiger partial charge on any atom is -0.496 e. The number of anilines is 1. The number of fused-ring (bicyclic) bond motifs is 3. The fraction of sp³-hybridized carbons (Fsp3) is 0.143. The zero-order valence-electron chi connectivity index (χ0n) is 20.7. The minimum absolute atomic E-state index is 0.0880. The number of methoxy groups -OCH3 is 1. The zero-order chi connectivity index (χ0) is 26.9. The van der Waals surface area contributed by atoms with Crippen molar-refractivity contribution in [1.82, 2.24) is 4.72 Å². The molecule has 4 aromatic rings. The van der Waals surface area contributed by atoms with E-state index in [2.05, 4.69) is 9.44 Å². The maximum absolute atomic E-state index is 12.7. The summed E-state index contributed by atoms with van der Waals surface area (Å²) < 4.78 is 66.4. The molecular formula is C28H26N2O6S2. The van der Waals surface area contributed by atoms with Crippen LogP contribution in [0.15, 0.2) is 95.9 Å². The molecule has 1 aliphatic heterocycles. The Kier molecular flexibility index (Phi) is 6.87. The molecule has 0 aromatic heterocycles. The highest BCUT2D eigenvalue weighted by Gasteiger charge is 2.30. The van der Waals surface area contributed by atoms with Crippen molar-refractivity contribution in [1.29, 1.82) is 0 Å². The van der Waals surface area contributed by atoms with Crippen LogP contribution in [0, 0.1) is 0 Å². The summed E-state index contributed by atoms with van der Waals surface area (Å²) >= 11 is 0. The Morgan fingerprint density at radius 2 is 1.63 bits per heavy atom. The van der Waals surface area contributed by atoms with Gasteiger partial charge < -0.3 is 9.47 Å². The molecule has 1 atom stereocenters. The summed E-state index contributed by atoms with van der Waals surface area (Å²) in [5.41, 5.74) is 4.31. The molecule has 2 N–H and O–H groups in total. The molecule has 0 spiro atoms. The van der Waals surface area contributed by atoms with Gasteiger partial charge >= 0.3 is 0 Å². The maximum atomic E-state index is 12.7. The normalized spacial score (nSPS) is 14.6. The third-order valence-corrected chi connectivity index (χ3v) is 8.16. The van der Waals surface area contributed by atoms with Crippen molar-refractivity contribution in [3.05, 3.63) is 108 Å². The van der Waals surface area contributed by atoms with Crippen molar-refractivity contribution in [2.24, 2.45) is 0 Å². The van der Waals surface area contributed by atoms with E-state index in [0.717, 1.165) is 34.1 Å². The van der Waals surface area contributed by atoms with Gasteiger partial charge in [0.15, 0.2) is 0 Å². The van der Waals surface area contributed by atoms with E-state index in [4.69, 9.17) is 9.47 Å².